The van der Waals surface area contributed by atoms with Crippen LogP contribution in [0.15, 0.2) is 18.2 Å². The first-order valence-corrected chi connectivity index (χ1v) is 6.87. The molecule has 5 nitrogen and oxygen atoms in total. The highest BCUT2D eigenvalue weighted by molar-refractivity contribution is 7.80. The van der Waals surface area contributed by atoms with Gasteiger partial charge in [0.25, 0.3) is 0 Å². The monoisotopic (exact) mass is 315 g/mol. The largest absolute Gasteiger partial charge is 0.482 e. The van der Waals surface area contributed by atoms with Crippen LogP contribution in [0.2, 0.25) is 5.02 Å². The highest BCUT2D eigenvalue weighted by atomic mass is 35.5. The lowest BCUT2D eigenvalue weighted by molar-refractivity contribution is 0.230. The first-order chi connectivity index (χ1) is 9.35. The highest BCUT2D eigenvalue weighted by Crippen LogP contribution is 2.29. The summed E-state index contributed by atoms with van der Waals surface area (Å²) in [5.41, 5.74) is 6.16. The maximum Gasteiger partial charge on any atom is 0.321 e. The smallest absolute Gasteiger partial charge is 0.321 e. The second-order valence-corrected chi connectivity index (χ2v) is 5.27. The molecule has 0 spiro atoms. The van der Waals surface area contributed by atoms with Gasteiger partial charge in [0.2, 0.25) is 0 Å². The molecule has 1 unspecified atom stereocenters. The Bertz CT molecular complexity index is 508. The van der Waals surface area contributed by atoms with Crippen molar-refractivity contribution >= 4 is 40.5 Å². The summed E-state index contributed by atoms with van der Waals surface area (Å²) in [6, 6.07) is 4.76. The summed E-state index contributed by atoms with van der Waals surface area (Å²) in [6.45, 7) is 1.92. The van der Waals surface area contributed by atoms with Crippen LogP contribution in [0.25, 0.3) is 0 Å². The molecule has 0 fully saturated rings. The number of benzene rings is 1. The minimum atomic E-state index is -0.357. The van der Waals surface area contributed by atoms with Crippen molar-refractivity contribution in [3.05, 3.63) is 23.2 Å². The fourth-order valence-corrected chi connectivity index (χ4v) is 1.85. The number of hydrogen-bond donors (Lipinski definition) is 2. The Morgan fingerprint density at radius 3 is 2.65 bits per heavy atom. The Morgan fingerprint density at radius 2 is 2.20 bits per heavy atom. The molecular formula is C13H18ClN3O2S. The van der Waals surface area contributed by atoms with Crippen molar-refractivity contribution in [2.45, 2.75) is 19.4 Å². The van der Waals surface area contributed by atoms with Crippen molar-refractivity contribution in [2.24, 2.45) is 5.73 Å². The Balaban J connectivity index is 2.83. The van der Waals surface area contributed by atoms with Crippen LogP contribution >= 0.6 is 23.8 Å². The molecule has 2 amide bonds. The van der Waals surface area contributed by atoms with Crippen LogP contribution in [-0.4, -0.2) is 36.1 Å². The molecule has 110 valence electrons. The van der Waals surface area contributed by atoms with E-state index in [4.69, 9.17) is 34.3 Å². The average Bonchev–Trinajstić information content (AvgIpc) is 2.37. The second-order valence-electron chi connectivity index (χ2n) is 4.39. The third kappa shape index (κ3) is 4.54. The third-order valence-corrected chi connectivity index (χ3v) is 3.10. The summed E-state index contributed by atoms with van der Waals surface area (Å²) in [6.07, 6.45) is 0.301. The van der Waals surface area contributed by atoms with Crippen molar-refractivity contribution in [1.29, 1.82) is 0 Å². The maximum atomic E-state index is 11.5. The zero-order valence-electron chi connectivity index (χ0n) is 11.6. The lowest BCUT2D eigenvalue weighted by Crippen LogP contribution is -2.31. The molecule has 20 heavy (non-hydrogen) atoms. The van der Waals surface area contributed by atoms with E-state index >= 15 is 0 Å². The van der Waals surface area contributed by atoms with E-state index in [1.54, 1.807) is 32.3 Å². The molecule has 0 bridgehead atoms. The molecule has 0 saturated carbocycles. The van der Waals surface area contributed by atoms with E-state index < -0.39 is 0 Å². The molecule has 0 aliphatic heterocycles. The Hall–Kier alpha value is -1.53. The molecule has 1 rings (SSSR count). The number of rotatable bonds is 5. The molecule has 7 heteroatoms. The fourth-order valence-electron chi connectivity index (χ4n) is 1.41. The van der Waals surface area contributed by atoms with Gasteiger partial charge in [-0.3, -0.25) is 0 Å². The summed E-state index contributed by atoms with van der Waals surface area (Å²) in [4.78, 5) is 13.2. The standard InChI is InChI=1S/C13H18ClN3O2S/c1-4-10(12(15)20)19-11-6-5-8(7-9(11)14)16-13(18)17(2)3/h5-7,10H,4H2,1-3H3,(H2,15,20)(H,16,18). The number of nitrogens with one attached hydrogen (secondary N) is 1. The van der Waals surface area contributed by atoms with E-state index in [1.807, 2.05) is 6.92 Å². The number of carbonyl (C=O) groups excluding carboxylic acids is 1. The first kappa shape index (κ1) is 16.5. The SMILES string of the molecule is CCC(Oc1ccc(NC(=O)N(C)C)cc1Cl)C(N)=S. The van der Waals surface area contributed by atoms with Crippen LogP contribution in [-0.2, 0) is 0 Å². The summed E-state index contributed by atoms with van der Waals surface area (Å²) in [5, 5.41) is 3.08. The zero-order valence-corrected chi connectivity index (χ0v) is 13.2. The minimum Gasteiger partial charge on any atom is -0.482 e. The number of carbonyl (C=O) groups is 1. The quantitative estimate of drug-likeness (QED) is 0.820. The molecule has 1 aromatic rings. The van der Waals surface area contributed by atoms with E-state index in [2.05, 4.69) is 5.32 Å². The van der Waals surface area contributed by atoms with Crippen LogP contribution < -0.4 is 15.8 Å². The van der Waals surface area contributed by atoms with E-state index in [0.29, 0.717) is 22.9 Å². The third-order valence-electron chi connectivity index (χ3n) is 2.55. The summed E-state index contributed by atoms with van der Waals surface area (Å²) in [7, 11) is 3.31. The van der Waals surface area contributed by atoms with Gasteiger partial charge in [0.05, 0.1) is 5.02 Å². The normalized spacial score (nSPS) is 11.6. The van der Waals surface area contributed by atoms with Crippen molar-refractivity contribution in [3.8, 4) is 5.75 Å². The van der Waals surface area contributed by atoms with Gasteiger partial charge in [-0.25, -0.2) is 4.79 Å². The van der Waals surface area contributed by atoms with Gasteiger partial charge in [-0.1, -0.05) is 30.7 Å². The molecule has 0 aromatic heterocycles. The minimum absolute atomic E-state index is 0.232. The van der Waals surface area contributed by atoms with Gasteiger partial charge in [0.1, 0.15) is 16.8 Å². The first-order valence-electron chi connectivity index (χ1n) is 6.09. The summed E-state index contributed by atoms with van der Waals surface area (Å²) in [5.74, 6) is 0.481. The lowest BCUT2D eigenvalue weighted by Gasteiger charge is -2.18. The van der Waals surface area contributed by atoms with Gasteiger partial charge in [-0.05, 0) is 24.6 Å². The van der Waals surface area contributed by atoms with Crippen molar-refractivity contribution in [3.63, 3.8) is 0 Å². The van der Waals surface area contributed by atoms with E-state index in [0.717, 1.165) is 0 Å². The van der Waals surface area contributed by atoms with Crippen LogP contribution in [0, 0.1) is 0 Å². The van der Waals surface area contributed by atoms with E-state index in [-0.39, 0.29) is 17.1 Å². The predicted octanol–water partition coefficient (Wildman–Crippen LogP) is 2.88. The number of halogens is 1. The maximum absolute atomic E-state index is 11.5. The van der Waals surface area contributed by atoms with Gasteiger partial charge >= 0.3 is 6.03 Å². The summed E-state index contributed by atoms with van der Waals surface area (Å²) < 4.78 is 5.64. The molecule has 0 saturated heterocycles. The zero-order chi connectivity index (χ0) is 15.3. The van der Waals surface area contributed by atoms with Gasteiger partial charge in [-0.2, -0.15) is 0 Å². The van der Waals surface area contributed by atoms with E-state index in [9.17, 15) is 4.79 Å². The number of urea groups is 1. The number of nitrogens with zero attached hydrogens (tertiary/aromatic N) is 1. The van der Waals surface area contributed by atoms with Gasteiger partial charge in [-0.15, -0.1) is 0 Å². The van der Waals surface area contributed by atoms with E-state index in [1.165, 1.54) is 4.90 Å². The molecule has 0 radical (unpaired) electrons. The summed E-state index contributed by atoms with van der Waals surface area (Å²) >= 11 is 11.0. The second kappa shape index (κ2) is 7.31. The predicted molar refractivity (Wildman–Crippen MR) is 85.7 cm³/mol. The molecule has 0 heterocycles. The van der Waals surface area contributed by atoms with Crippen LogP contribution in [0.1, 0.15) is 13.3 Å². The molecule has 1 aromatic carbocycles. The van der Waals surface area contributed by atoms with Crippen LogP contribution in [0.5, 0.6) is 5.75 Å². The fraction of sp³-hybridized carbons (Fsp3) is 0.385. The Morgan fingerprint density at radius 1 is 1.55 bits per heavy atom. The van der Waals surface area contributed by atoms with Crippen molar-refractivity contribution in [2.75, 3.05) is 19.4 Å². The number of ether oxygens (including phenoxy) is 1. The topological polar surface area (TPSA) is 67.6 Å². The van der Waals surface area contributed by atoms with Gasteiger partial charge in [0.15, 0.2) is 0 Å². The molecule has 0 aliphatic rings. The number of hydrogen-bond acceptors (Lipinski definition) is 3. The van der Waals surface area contributed by atoms with Crippen molar-refractivity contribution < 1.29 is 9.53 Å². The Kier molecular flexibility index (Phi) is 6.04. The van der Waals surface area contributed by atoms with Gasteiger partial charge < -0.3 is 20.7 Å². The molecular weight excluding hydrogens is 298 g/mol. The molecule has 1 atom stereocenters. The highest BCUT2D eigenvalue weighted by Gasteiger charge is 2.14. The average molecular weight is 316 g/mol. The lowest BCUT2D eigenvalue weighted by atomic mass is 10.2. The molecule has 0 aliphatic carbocycles. The van der Waals surface area contributed by atoms with Gasteiger partial charge in [0, 0.05) is 19.8 Å². The number of amides is 2. The number of anilines is 1. The van der Waals surface area contributed by atoms with Crippen molar-refractivity contribution in [1.82, 2.24) is 4.90 Å². The Labute approximate surface area is 129 Å². The van der Waals surface area contributed by atoms with Crippen LogP contribution in [0.4, 0.5) is 10.5 Å². The van der Waals surface area contributed by atoms with Crippen LogP contribution in [0.3, 0.4) is 0 Å². The molecule has 3 N–H and O–H groups in total. The number of thiocarbonyl (C=S) groups is 1. The number of nitrogens with two attached hydrogens (primary N) is 1.